The minimum Gasteiger partial charge on any atom is -0.370 e. The zero-order valence-electron chi connectivity index (χ0n) is 10.2. The van der Waals surface area contributed by atoms with Crippen LogP contribution in [0.4, 0.5) is 5.69 Å². The summed E-state index contributed by atoms with van der Waals surface area (Å²) in [5.74, 6) is 0.422. The Kier molecular flexibility index (Phi) is 2.87. The number of hydrogen-bond acceptors (Lipinski definition) is 2. The number of hydrogen-bond donors (Lipinski definition) is 0. The molecule has 0 N–H and O–H groups in total. The highest BCUT2D eigenvalue weighted by Gasteiger charge is 2.21. The maximum Gasteiger partial charge on any atom is 0.136 e. The molecular weight excluding hydrogens is 210 g/mol. The fourth-order valence-electron chi connectivity index (χ4n) is 3.05. The predicted molar refractivity (Wildman–Crippen MR) is 69.5 cm³/mol. The first kappa shape index (κ1) is 10.8. The van der Waals surface area contributed by atoms with E-state index in [4.69, 9.17) is 0 Å². The Morgan fingerprint density at radius 2 is 1.71 bits per heavy atom. The van der Waals surface area contributed by atoms with Gasteiger partial charge in [-0.05, 0) is 42.9 Å². The number of Topliss-reactive ketones (excluding diaryl/α,β-unsaturated/α-hetero) is 1. The Morgan fingerprint density at radius 3 is 2.53 bits per heavy atom. The summed E-state index contributed by atoms with van der Waals surface area (Å²) < 4.78 is 0. The fraction of sp³-hybridized carbons (Fsp3) is 0.533. The number of rotatable bonds is 1. The molecule has 0 bridgehead atoms. The minimum atomic E-state index is 0.422. The Hall–Kier alpha value is -1.31. The lowest BCUT2D eigenvalue weighted by molar-refractivity contribution is -0.119. The summed E-state index contributed by atoms with van der Waals surface area (Å²) in [7, 11) is 0. The van der Waals surface area contributed by atoms with Crippen LogP contribution in [0.2, 0.25) is 0 Å². The topological polar surface area (TPSA) is 20.3 Å². The van der Waals surface area contributed by atoms with Crippen LogP contribution < -0.4 is 4.90 Å². The molecule has 17 heavy (non-hydrogen) atoms. The second-order valence-corrected chi connectivity index (χ2v) is 5.15. The minimum absolute atomic E-state index is 0.422. The van der Waals surface area contributed by atoms with Gasteiger partial charge in [0.15, 0.2) is 0 Å². The SMILES string of the molecule is O=C1CCN(c2cccc3c2CCCC3)CC1. The van der Waals surface area contributed by atoms with Gasteiger partial charge >= 0.3 is 0 Å². The van der Waals surface area contributed by atoms with Crippen molar-refractivity contribution in [2.75, 3.05) is 18.0 Å². The molecule has 1 aromatic carbocycles. The second kappa shape index (κ2) is 4.52. The van der Waals surface area contributed by atoms with Gasteiger partial charge in [0.05, 0.1) is 0 Å². The summed E-state index contributed by atoms with van der Waals surface area (Å²) in [5, 5.41) is 0. The molecule has 0 atom stereocenters. The van der Waals surface area contributed by atoms with E-state index in [-0.39, 0.29) is 0 Å². The van der Waals surface area contributed by atoms with Crippen molar-refractivity contribution in [2.45, 2.75) is 38.5 Å². The van der Waals surface area contributed by atoms with Crippen LogP contribution in [-0.4, -0.2) is 18.9 Å². The number of anilines is 1. The van der Waals surface area contributed by atoms with E-state index in [1.54, 1.807) is 5.56 Å². The highest BCUT2D eigenvalue weighted by Crippen LogP contribution is 2.31. The molecule has 0 saturated carbocycles. The van der Waals surface area contributed by atoms with Gasteiger partial charge in [-0.25, -0.2) is 0 Å². The summed E-state index contributed by atoms with van der Waals surface area (Å²) in [4.78, 5) is 13.7. The van der Waals surface area contributed by atoms with E-state index >= 15 is 0 Å². The van der Waals surface area contributed by atoms with Gasteiger partial charge in [-0.15, -0.1) is 0 Å². The van der Waals surface area contributed by atoms with Gasteiger partial charge in [0, 0.05) is 31.6 Å². The molecule has 90 valence electrons. The highest BCUT2D eigenvalue weighted by atomic mass is 16.1. The van der Waals surface area contributed by atoms with Gasteiger partial charge in [-0.1, -0.05) is 12.1 Å². The third kappa shape index (κ3) is 2.08. The maximum absolute atomic E-state index is 11.3. The third-order valence-electron chi connectivity index (χ3n) is 4.03. The van der Waals surface area contributed by atoms with E-state index in [0.717, 1.165) is 25.9 Å². The van der Waals surface area contributed by atoms with Crippen LogP contribution >= 0.6 is 0 Å². The van der Waals surface area contributed by atoms with Gasteiger partial charge < -0.3 is 4.90 Å². The van der Waals surface area contributed by atoms with E-state index < -0.39 is 0 Å². The molecule has 2 heteroatoms. The quantitative estimate of drug-likeness (QED) is 0.738. The number of benzene rings is 1. The summed E-state index contributed by atoms with van der Waals surface area (Å²) in [6.45, 7) is 1.82. The zero-order chi connectivity index (χ0) is 11.7. The molecule has 3 rings (SSSR count). The smallest absolute Gasteiger partial charge is 0.136 e. The summed E-state index contributed by atoms with van der Waals surface area (Å²) in [6.07, 6.45) is 6.55. The number of carbonyl (C=O) groups is 1. The molecule has 2 aliphatic rings. The summed E-state index contributed by atoms with van der Waals surface area (Å²) in [6, 6.07) is 6.68. The number of aryl methyl sites for hydroxylation is 1. The molecule has 0 aromatic heterocycles. The number of piperidine rings is 1. The van der Waals surface area contributed by atoms with Crippen molar-refractivity contribution in [1.29, 1.82) is 0 Å². The van der Waals surface area contributed by atoms with E-state index in [9.17, 15) is 4.79 Å². The number of fused-ring (bicyclic) bond motifs is 1. The van der Waals surface area contributed by atoms with Crippen LogP contribution in [0.1, 0.15) is 36.8 Å². The lowest BCUT2D eigenvalue weighted by Gasteiger charge is -2.32. The number of carbonyl (C=O) groups excluding carboxylic acids is 1. The van der Waals surface area contributed by atoms with Crippen LogP contribution in [0.5, 0.6) is 0 Å². The molecule has 0 amide bonds. The molecule has 1 aliphatic carbocycles. The van der Waals surface area contributed by atoms with Crippen LogP contribution in [0, 0.1) is 0 Å². The predicted octanol–water partition coefficient (Wildman–Crippen LogP) is 2.73. The standard InChI is InChI=1S/C15H19NO/c17-13-8-10-16(11-9-13)15-7-3-5-12-4-1-2-6-14(12)15/h3,5,7H,1-2,4,6,8-11H2. The van der Waals surface area contributed by atoms with Crippen molar-refractivity contribution in [3.63, 3.8) is 0 Å². The van der Waals surface area contributed by atoms with Crippen LogP contribution in [0.3, 0.4) is 0 Å². The molecule has 0 spiro atoms. The van der Waals surface area contributed by atoms with E-state index in [2.05, 4.69) is 23.1 Å². The highest BCUT2D eigenvalue weighted by molar-refractivity contribution is 5.81. The Labute approximate surface area is 103 Å². The van der Waals surface area contributed by atoms with Gasteiger partial charge in [0.1, 0.15) is 5.78 Å². The van der Waals surface area contributed by atoms with E-state index in [1.807, 2.05) is 0 Å². The van der Waals surface area contributed by atoms with Gasteiger partial charge in [-0.2, -0.15) is 0 Å². The molecule has 1 aliphatic heterocycles. The second-order valence-electron chi connectivity index (χ2n) is 5.15. The molecule has 2 nitrogen and oxygen atoms in total. The molecule has 0 radical (unpaired) electrons. The van der Waals surface area contributed by atoms with Crippen molar-refractivity contribution >= 4 is 11.5 Å². The molecule has 1 saturated heterocycles. The monoisotopic (exact) mass is 229 g/mol. The first-order chi connectivity index (χ1) is 8.34. The van der Waals surface area contributed by atoms with E-state index in [1.165, 1.54) is 36.9 Å². The average molecular weight is 229 g/mol. The molecular formula is C15H19NO. The largest absolute Gasteiger partial charge is 0.370 e. The summed E-state index contributed by atoms with van der Waals surface area (Å²) in [5.41, 5.74) is 4.48. The maximum atomic E-state index is 11.3. The third-order valence-corrected chi connectivity index (χ3v) is 4.03. The Morgan fingerprint density at radius 1 is 0.941 bits per heavy atom. The van der Waals surface area contributed by atoms with Crippen molar-refractivity contribution in [3.05, 3.63) is 29.3 Å². The number of ketones is 1. The lowest BCUT2D eigenvalue weighted by Crippen LogP contribution is -2.34. The van der Waals surface area contributed by atoms with Crippen molar-refractivity contribution in [2.24, 2.45) is 0 Å². The fourth-order valence-corrected chi connectivity index (χ4v) is 3.05. The van der Waals surface area contributed by atoms with Crippen LogP contribution in [-0.2, 0) is 17.6 Å². The van der Waals surface area contributed by atoms with E-state index in [0.29, 0.717) is 5.78 Å². The zero-order valence-corrected chi connectivity index (χ0v) is 10.2. The number of nitrogens with zero attached hydrogens (tertiary/aromatic N) is 1. The van der Waals surface area contributed by atoms with Crippen molar-refractivity contribution in [1.82, 2.24) is 0 Å². The molecule has 1 aromatic rings. The lowest BCUT2D eigenvalue weighted by atomic mass is 9.89. The van der Waals surface area contributed by atoms with Gasteiger partial charge in [0.25, 0.3) is 0 Å². The first-order valence-corrected chi connectivity index (χ1v) is 6.72. The van der Waals surface area contributed by atoms with Gasteiger partial charge in [-0.3, -0.25) is 4.79 Å². The van der Waals surface area contributed by atoms with Gasteiger partial charge in [0.2, 0.25) is 0 Å². The Balaban J connectivity index is 1.89. The first-order valence-electron chi connectivity index (χ1n) is 6.72. The molecule has 0 unspecified atom stereocenters. The summed E-state index contributed by atoms with van der Waals surface area (Å²) >= 11 is 0. The van der Waals surface area contributed by atoms with Crippen molar-refractivity contribution < 1.29 is 4.79 Å². The normalized spacial score (nSPS) is 20.2. The molecule has 1 heterocycles. The van der Waals surface area contributed by atoms with Crippen LogP contribution in [0.15, 0.2) is 18.2 Å². The Bertz CT molecular complexity index is 429. The average Bonchev–Trinajstić information content (AvgIpc) is 2.39. The van der Waals surface area contributed by atoms with Crippen molar-refractivity contribution in [3.8, 4) is 0 Å². The van der Waals surface area contributed by atoms with Crippen LogP contribution in [0.25, 0.3) is 0 Å². The molecule has 1 fully saturated rings.